The molecule has 4 heteroatoms. The number of aliphatic hydroxyl groups excluding tert-OH is 1. The zero-order valence-corrected chi connectivity index (χ0v) is 11.1. The molecule has 0 amide bonds. The minimum atomic E-state index is -0.373. The summed E-state index contributed by atoms with van der Waals surface area (Å²) in [5.74, 6) is 5.64. The predicted molar refractivity (Wildman–Crippen MR) is 71.6 cm³/mol. The molecule has 0 atom stereocenters. The Labute approximate surface area is 113 Å². The Hall–Kier alpha value is -1.57. The lowest BCUT2D eigenvalue weighted by Crippen LogP contribution is -2.00. The van der Waals surface area contributed by atoms with Gasteiger partial charge in [-0.2, -0.15) is 0 Å². The Morgan fingerprint density at radius 2 is 2.00 bits per heavy atom. The van der Waals surface area contributed by atoms with Gasteiger partial charge >= 0.3 is 0 Å². The van der Waals surface area contributed by atoms with Crippen LogP contribution in [-0.4, -0.2) is 32.0 Å². The summed E-state index contributed by atoms with van der Waals surface area (Å²) in [6.45, 7) is 1.23. The summed E-state index contributed by atoms with van der Waals surface area (Å²) in [6.07, 6.45) is 2.15. The van der Waals surface area contributed by atoms with Gasteiger partial charge in [-0.1, -0.05) is 11.8 Å². The highest BCUT2D eigenvalue weighted by molar-refractivity contribution is 5.40. The quantitative estimate of drug-likeness (QED) is 0.608. The molecule has 0 aliphatic rings. The summed E-state index contributed by atoms with van der Waals surface area (Å²) >= 11 is 0. The summed E-state index contributed by atoms with van der Waals surface area (Å²) in [7, 11) is 1.66. The highest BCUT2D eigenvalue weighted by Crippen LogP contribution is 2.16. The van der Waals surface area contributed by atoms with Gasteiger partial charge in [0.05, 0.1) is 13.2 Å². The zero-order valence-electron chi connectivity index (χ0n) is 11.1. The van der Waals surface area contributed by atoms with Gasteiger partial charge in [-0.15, -0.1) is 0 Å². The summed E-state index contributed by atoms with van der Waals surface area (Å²) in [6, 6.07) is 4.39. The van der Waals surface area contributed by atoms with Crippen molar-refractivity contribution in [2.45, 2.75) is 19.3 Å². The van der Waals surface area contributed by atoms with Crippen LogP contribution in [0.15, 0.2) is 18.2 Å². The number of benzene rings is 1. The second kappa shape index (κ2) is 9.37. The molecule has 1 aromatic rings. The van der Waals surface area contributed by atoms with E-state index in [0.717, 1.165) is 12.8 Å². The Morgan fingerprint density at radius 1 is 1.21 bits per heavy atom. The average molecular weight is 266 g/mol. The Morgan fingerprint density at radius 3 is 2.74 bits per heavy atom. The molecule has 0 radical (unpaired) electrons. The van der Waals surface area contributed by atoms with E-state index in [0.29, 0.717) is 30.9 Å². The maximum Gasteiger partial charge on any atom is 0.128 e. The highest BCUT2D eigenvalue weighted by atomic mass is 19.1. The van der Waals surface area contributed by atoms with Crippen LogP contribution in [0.4, 0.5) is 4.39 Å². The van der Waals surface area contributed by atoms with Crippen molar-refractivity contribution in [1.82, 2.24) is 0 Å². The van der Waals surface area contributed by atoms with Crippen molar-refractivity contribution in [3.8, 4) is 17.6 Å². The van der Waals surface area contributed by atoms with Gasteiger partial charge in [-0.05, 0) is 25.0 Å². The van der Waals surface area contributed by atoms with E-state index in [1.54, 1.807) is 13.2 Å². The largest absolute Gasteiger partial charge is 0.493 e. The lowest BCUT2D eigenvalue weighted by atomic mass is 10.2. The summed E-state index contributed by atoms with van der Waals surface area (Å²) in [5, 5.41) is 8.63. The normalized spacial score (nSPS) is 9.84. The molecule has 1 aromatic carbocycles. The fourth-order valence-electron chi connectivity index (χ4n) is 1.48. The second-order valence-electron chi connectivity index (χ2n) is 4.00. The first-order valence-corrected chi connectivity index (χ1v) is 6.28. The number of aliphatic hydroxyl groups is 1. The van der Waals surface area contributed by atoms with Crippen molar-refractivity contribution in [3.05, 3.63) is 29.6 Å². The number of unbranched alkanes of at least 4 members (excludes halogenated alkanes) is 1. The number of rotatable bonds is 7. The predicted octanol–water partition coefficient (Wildman–Crippen LogP) is 2.37. The maximum absolute atomic E-state index is 13.3. The first-order valence-electron chi connectivity index (χ1n) is 6.28. The molecule has 104 valence electrons. The van der Waals surface area contributed by atoms with E-state index in [2.05, 4.69) is 11.8 Å². The number of hydrogen-bond donors (Lipinski definition) is 1. The molecule has 1 N–H and O–H groups in total. The van der Waals surface area contributed by atoms with Crippen LogP contribution in [0.3, 0.4) is 0 Å². The number of ether oxygens (including phenoxy) is 2. The van der Waals surface area contributed by atoms with Crippen LogP contribution in [0.5, 0.6) is 5.75 Å². The van der Waals surface area contributed by atoms with Crippen LogP contribution < -0.4 is 4.74 Å². The molecule has 0 unspecified atom stereocenters. The fraction of sp³-hybridized carbons (Fsp3) is 0.467. The number of methoxy groups -OCH3 is 1. The van der Waals surface area contributed by atoms with Crippen molar-refractivity contribution in [2.75, 3.05) is 26.9 Å². The Balaban J connectivity index is 2.52. The molecule has 19 heavy (non-hydrogen) atoms. The highest BCUT2D eigenvalue weighted by Gasteiger charge is 2.00. The van der Waals surface area contributed by atoms with Crippen LogP contribution in [0.25, 0.3) is 0 Å². The van der Waals surface area contributed by atoms with Crippen LogP contribution in [0, 0.1) is 17.7 Å². The zero-order chi connectivity index (χ0) is 13.9. The number of halogens is 1. The monoisotopic (exact) mass is 266 g/mol. The van der Waals surface area contributed by atoms with Gasteiger partial charge in [0.2, 0.25) is 0 Å². The molecular formula is C15H19FO3. The number of hydrogen-bond acceptors (Lipinski definition) is 3. The van der Waals surface area contributed by atoms with Gasteiger partial charge in [-0.3, -0.25) is 0 Å². The molecule has 3 nitrogen and oxygen atoms in total. The SMILES string of the molecule is COCCCCOc1cc(F)cc(C#CCCO)c1. The van der Waals surface area contributed by atoms with Gasteiger partial charge in [-0.25, -0.2) is 4.39 Å². The maximum atomic E-state index is 13.3. The Kier molecular flexibility index (Phi) is 7.64. The molecule has 0 spiro atoms. The standard InChI is InChI=1S/C15H19FO3/c1-18-8-4-5-9-19-15-11-13(6-2-3-7-17)10-14(16)12-15/h10-12,17H,3-5,7-9H2,1H3. The van der Waals surface area contributed by atoms with Crippen molar-refractivity contribution in [3.63, 3.8) is 0 Å². The van der Waals surface area contributed by atoms with Gasteiger partial charge in [0, 0.05) is 31.8 Å². The molecule has 0 aliphatic heterocycles. The lowest BCUT2D eigenvalue weighted by Gasteiger charge is -2.06. The van der Waals surface area contributed by atoms with E-state index in [1.807, 2.05) is 0 Å². The molecule has 0 saturated carbocycles. The van der Waals surface area contributed by atoms with Gasteiger partial charge < -0.3 is 14.6 Å². The minimum Gasteiger partial charge on any atom is -0.493 e. The van der Waals surface area contributed by atoms with E-state index < -0.39 is 0 Å². The third-order valence-electron chi connectivity index (χ3n) is 2.35. The molecule has 1 rings (SSSR count). The van der Waals surface area contributed by atoms with E-state index >= 15 is 0 Å². The third kappa shape index (κ3) is 6.80. The smallest absolute Gasteiger partial charge is 0.128 e. The van der Waals surface area contributed by atoms with Gasteiger partial charge in [0.25, 0.3) is 0 Å². The van der Waals surface area contributed by atoms with E-state index in [1.165, 1.54) is 12.1 Å². The molecule has 0 aromatic heterocycles. The van der Waals surface area contributed by atoms with Gasteiger partial charge in [0.1, 0.15) is 11.6 Å². The van der Waals surface area contributed by atoms with E-state index in [9.17, 15) is 4.39 Å². The van der Waals surface area contributed by atoms with Crippen LogP contribution >= 0.6 is 0 Å². The Bertz CT molecular complexity index is 435. The van der Waals surface area contributed by atoms with Crippen molar-refractivity contribution < 1.29 is 19.0 Å². The molecule has 0 aliphatic carbocycles. The van der Waals surface area contributed by atoms with E-state index in [4.69, 9.17) is 14.6 Å². The van der Waals surface area contributed by atoms with Gasteiger partial charge in [0.15, 0.2) is 0 Å². The lowest BCUT2D eigenvalue weighted by molar-refractivity contribution is 0.184. The van der Waals surface area contributed by atoms with Crippen LogP contribution in [-0.2, 0) is 4.74 Å². The average Bonchev–Trinajstić information content (AvgIpc) is 2.38. The molecule has 0 fully saturated rings. The molecular weight excluding hydrogens is 247 g/mol. The third-order valence-corrected chi connectivity index (χ3v) is 2.35. The summed E-state index contributed by atoms with van der Waals surface area (Å²) in [4.78, 5) is 0. The fourth-order valence-corrected chi connectivity index (χ4v) is 1.48. The minimum absolute atomic E-state index is 0.00513. The van der Waals surface area contributed by atoms with E-state index in [-0.39, 0.29) is 12.4 Å². The van der Waals surface area contributed by atoms with Crippen molar-refractivity contribution in [2.24, 2.45) is 0 Å². The van der Waals surface area contributed by atoms with Crippen molar-refractivity contribution >= 4 is 0 Å². The topological polar surface area (TPSA) is 38.7 Å². The first-order chi connectivity index (χ1) is 9.26. The first kappa shape index (κ1) is 15.5. The van der Waals surface area contributed by atoms with Crippen LogP contribution in [0.2, 0.25) is 0 Å². The summed E-state index contributed by atoms with van der Waals surface area (Å²) in [5.41, 5.74) is 0.556. The molecule has 0 bridgehead atoms. The second-order valence-corrected chi connectivity index (χ2v) is 4.00. The molecule has 0 saturated heterocycles. The van der Waals surface area contributed by atoms with Crippen molar-refractivity contribution in [1.29, 1.82) is 0 Å². The van der Waals surface area contributed by atoms with Crippen LogP contribution in [0.1, 0.15) is 24.8 Å². The summed E-state index contributed by atoms with van der Waals surface area (Å²) < 4.78 is 23.8. The molecule has 0 heterocycles.